The molecule has 174 valence electrons. The zero-order valence-electron chi connectivity index (χ0n) is 19.3. The van der Waals surface area contributed by atoms with Crippen molar-refractivity contribution in [1.82, 2.24) is 14.4 Å². The summed E-state index contributed by atoms with van der Waals surface area (Å²) in [4.78, 5) is 31.7. The number of amides is 1. The van der Waals surface area contributed by atoms with Crippen molar-refractivity contribution in [2.75, 3.05) is 26.2 Å². The number of nitrogens with zero attached hydrogens (tertiary/aromatic N) is 3. The molecule has 1 aliphatic carbocycles. The fourth-order valence-corrected chi connectivity index (χ4v) is 6.89. The molecule has 32 heavy (non-hydrogen) atoms. The number of piperidine rings is 1. The lowest BCUT2D eigenvalue weighted by Crippen LogP contribution is -2.48. The number of carbonyl (C=O) groups excluding carboxylic acids is 1. The van der Waals surface area contributed by atoms with Crippen molar-refractivity contribution in [3.8, 4) is 0 Å². The molecule has 1 saturated carbocycles. The van der Waals surface area contributed by atoms with Gasteiger partial charge >= 0.3 is 0 Å². The van der Waals surface area contributed by atoms with Gasteiger partial charge in [-0.2, -0.15) is 0 Å². The number of carbonyl (C=O) groups is 1. The Morgan fingerprint density at radius 2 is 1.88 bits per heavy atom. The smallest absolute Gasteiger partial charge is 0.258 e. The summed E-state index contributed by atoms with van der Waals surface area (Å²) in [5, 5.41) is 10.5. The molecular formula is C26H37N3O3. The van der Waals surface area contributed by atoms with Gasteiger partial charge in [0.15, 0.2) is 0 Å². The van der Waals surface area contributed by atoms with Gasteiger partial charge in [-0.15, -0.1) is 0 Å². The van der Waals surface area contributed by atoms with Gasteiger partial charge in [-0.3, -0.25) is 14.5 Å². The van der Waals surface area contributed by atoms with E-state index in [9.17, 15) is 14.7 Å². The molecule has 6 nitrogen and oxygen atoms in total. The first-order chi connectivity index (χ1) is 15.6. The maximum Gasteiger partial charge on any atom is 0.258 e. The molecule has 1 N–H and O–H groups in total. The van der Waals surface area contributed by atoms with Gasteiger partial charge in [0.2, 0.25) is 5.91 Å². The van der Waals surface area contributed by atoms with E-state index in [1.165, 1.54) is 32.1 Å². The molecule has 6 heteroatoms. The van der Waals surface area contributed by atoms with Crippen LogP contribution in [0.15, 0.2) is 23.0 Å². The zero-order valence-corrected chi connectivity index (χ0v) is 19.3. The molecular weight excluding hydrogens is 402 g/mol. The number of fused-ring (bicyclic) bond motifs is 4. The number of pyridine rings is 1. The van der Waals surface area contributed by atoms with Crippen LogP contribution in [0.5, 0.6) is 0 Å². The van der Waals surface area contributed by atoms with Gasteiger partial charge in [-0.05, 0) is 57.1 Å². The Balaban J connectivity index is 1.57. The summed E-state index contributed by atoms with van der Waals surface area (Å²) in [6.45, 7) is 5.10. The van der Waals surface area contributed by atoms with E-state index in [0.717, 1.165) is 38.2 Å². The molecule has 0 aromatic carbocycles. The molecule has 0 unspecified atom stereocenters. The van der Waals surface area contributed by atoms with E-state index in [-0.39, 0.29) is 42.0 Å². The topological polar surface area (TPSA) is 65.8 Å². The average Bonchev–Trinajstić information content (AvgIpc) is 3.40. The van der Waals surface area contributed by atoms with Crippen LogP contribution in [-0.4, -0.2) is 57.7 Å². The van der Waals surface area contributed by atoms with Crippen LogP contribution in [-0.2, 0) is 11.3 Å². The van der Waals surface area contributed by atoms with Crippen molar-refractivity contribution in [3.05, 3.63) is 39.8 Å². The van der Waals surface area contributed by atoms with Crippen LogP contribution < -0.4 is 5.56 Å². The maximum atomic E-state index is 13.8. The molecule has 4 heterocycles. The second kappa shape index (κ2) is 9.14. The summed E-state index contributed by atoms with van der Waals surface area (Å²) in [5.41, 5.74) is 1.68. The fraction of sp³-hybridized carbons (Fsp3) is 0.692. The van der Waals surface area contributed by atoms with Gasteiger partial charge < -0.3 is 14.6 Å². The second-order valence-corrected chi connectivity index (χ2v) is 10.2. The Hall–Kier alpha value is -1.92. The highest BCUT2D eigenvalue weighted by Crippen LogP contribution is 2.50. The maximum absolute atomic E-state index is 13.8. The van der Waals surface area contributed by atoms with Gasteiger partial charge in [0.05, 0.1) is 12.0 Å². The van der Waals surface area contributed by atoms with Crippen LogP contribution in [0.2, 0.25) is 0 Å². The lowest BCUT2D eigenvalue weighted by molar-refractivity contribution is -0.139. The van der Waals surface area contributed by atoms with Gasteiger partial charge in [0.1, 0.15) is 0 Å². The van der Waals surface area contributed by atoms with Gasteiger partial charge in [-0.1, -0.05) is 25.0 Å². The van der Waals surface area contributed by atoms with E-state index in [0.29, 0.717) is 18.0 Å². The van der Waals surface area contributed by atoms with Gasteiger partial charge in [0.25, 0.3) is 5.56 Å². The summed E-state index contributed by atoms with van der Waals surface area (Å²) in [6.07, 6.45) is 12.1. The van der Waals surface area contributed by atoms with E-state index in [2.05, 4.69) is 11.0 Å². The Morgan fingerprint density at radius 1 is 1.12 bits per heavy atom. The standard InChI is InChI=1S/C26H37N3O3/c1-2-8-19-11-12-21-24-23(26(32)27-13-6-3-7-14-27)20(17-30)22(16-29(21)25(19)31)28(24)15-18-9-4-5-10-18/h2,8,11-12,18,20,22-24,30H,3-7,9-10,13-17H2,1H3/b8-2+/t20-,22-,23+,24+/m0/s1. The third-order valence-electron chi connectivity index (χ3n) is 8.44. The van der Waals surface area contributed by atoms with Crippen molar-refractivity contribution in [2.24, 2.45) is 17.8 Å². The monoisotopic (exact) mass is 439 g/mol. The predicted octanol–water partition coefficient (Wildman–Crippen LogP) is 3.05. The first-order valence-corrected chi connectivity index (χ1v) is 12.7. The molecule has 2 saturated heterocycles. The number of allylic oxidation sites excluding steroid dienone is 1. The van der Waals surface area contributed by atoms with Gasteiger partial charge in [-0.25, -0.2) is 0 Å². The minimum Gasteiger partial charge on any atom is -0.396 e. The van der Waals surface area contributed by atoms with Crippen molar-refractivity contribution < 1.29 is 9.90 Å². The highest BCUT2D eigenvalue weighted by atomic mass is 16.3. The van der Waals surface area contributed by atoms with Crippen LogP contribution in [0.25, 0.3) is 6.08 Å². The number of aliphatic hydroxyl groups is 1. The van der Waals surface area contributed by atoms with Crippen molar-refractivity contribution in [1.29, 1.82) is 0 Å². The molecule has 3 fully saturated rings. The lowest BCUT2D eigenvalue weighted by Gasteiger charge is -2.40. The zero-order chi connectivity index (χ0) is 22.2. The third kappa shape index (κ3) is 3.65. The summed E-state index contributed by atoms with van der Waals surface area (Å²) in [6, 6.07) is 3.90. The van der Waals surface area contributed by atoms with E-state index >= 15 is 0 Å². The first-order valence-electron chi connectivity index (χ1n) is 12.7. The normalized spacial score (nSPS) is 30.9. The van der Waals surface area contributed by atoms with Crippen LogP contribution in [0.4, 0.5) is 0 Å². The number of rotatable bonds is 5. The molecule has 4 aliphatic rings. The Bertz CT molecular complexity index is 927. The predicted molar refractivity (Wildman–Crippen MR) is 125 cm³/mol. The lowest BCUT2D eigenvalue weighted by atomic mass is 9.85. The highest BCUT2D eigenvalue weighted by molar-refractivity contribution is 5.81. The molecule has 2 bridgehead atoms. The van der Waals surface area contributed by atoms with E-state index in [4.69, 9.17) is 0 Å². The quantitative estimate of drug-likeness (QED) is 0.766. The second-order valence-electron chi connectivity index (χ2n) is 10.2. The largest absolute Gasteiger partial charge is 0.396 e. The first kappa shape index (κ1) is 21.9. The summed E-state index contributed by atoms with van der Waals surface area (Å²) in [5.74, 6) is 0.445. The number of likely N-dealkylation sites (tertiary alicyclic amines) is 1. The third-order valence-corrected chi connectivity index (χ3v) is 8.44. The molecule has 3 aliphatic heterocycles. The van der Waals surface area contributed by atoms with Crippen molar-refractivity contribution in [3.63, 3.8) is 0 Å². The molecule has 1 aromatic heterocycles. The van der Waals surface area contributed by atoms with Crippen LogP contribution >= 0.6 is 0 Å². The highest BCUT2D eigenvalue weighted by Gasteiger charge is 2.56. The number of hydrogen-bond donors (Lipinski definition) is 1. The van der Waals surface area contributed by atoms with Crippen LogP contribution in [0.3, 0.4) is 0 Å². The molecule has 1 amide bonds. The number of aliphatic hydroxyl groups excluding tert-OH is 1. The molecule has 0 spiro atoms. The number of hydrogen-bond acceptors (Lipinski definition) is 4. The molecule has 4 atom stereocenters. The average molecular weight is 440 g/mol. The molecule has 1 aromatic rings. The van der Waals surface area contributed by atoms with Crippen LogP contribution in [0, 0.1) is 17.8 Å². The Kier molecular flexibility index (Phi) is 6.26. The van der Waals surface area contributed by atoms with E-state index < -0.39 is 0 Å². The van der Waals surface area contributed by atoms with Crippen molar-refractivity contribution in [2.45, 2.75) is 70.5 Å². The minimum atomic E-state index is -0.273. The Morgan fingerprint density at radius 3 is 2.56 bits per heavy atom. The van der Waals surface area contributed by atoms with E-state index in [1.807, 2.05) is 34.6 Å². The summed E-state index contributed by atoms with van der Waals surface area (Å²) >= 11 is 0. The Labute approximate surface area is 190 Å². The van der Waals surface area contributed by atoms with Crippen molar-refractivity contribution >= 4 is 12.0 Å². The van der Waals surface area contributed by atoms with E-state index in [1.54, 1.807) is 0 Å². The summed E-state index contributed by atoms with van der Waals surface area (Å²) in [7, 11) is 0. The van der Waals surface area contributed by atoms with Crippen LogP contribution in [0.1, 0.15) is 69.2 Å². The fourth-order valence-electron chi connectivity index (χ4n) is 6.89. The van der Waals surface area contributed by atoms with Gasteiger partial charge in [0, 0.05) is 56.0 Å². The molecule has 0 radical (unpaired) electrons. The minimum absolute atomic E-state index is 0.00294. The SMILES string of the molecule is C/C=C/c1ccc2n(c1=O)C[C@H]1[C@H](CO)[C@@H](C(=O)N3CCCCC3)[C@@H]2N1CC1CCCC1. The molecule has 5 rings (SSSR count). The number of aromatic nitrogens is 1. The summed E-state index contributed by atoms with van der Waals surface area (Å²) < 4.78 is 1.90.